The highest BCUT2D eigenvalue weighted by Crippen LogP contribution is 2.36. The monoisotopic (exact) mass is 425 g/mol. The number of benzene rings is 2. The van der Waals surface area contributed by atoms with Crippen LogP contribution in [0.2, 0.25) is 5.02 Å². The van der Waals surface area contributed by atoms with Gasteiger partial charge in [0.2, 0.25) is 5.91 Å². The van der Waals surface area contributed by atoms with E-state index in [9.17, 15) is 4.79 Å². The zero-order valence-electron chi connectivity index (χ0n) is 16.3. The van der Waals surface area contributed by atoms with Gasteiger partial charge in [-0.15, -0.1) is 11.3 Å². The second kappa shape index (κ2) is 9.08. The van der Waals surface area contributed by atoms with Gasteiger partial charge in [0.15, 0.2) is 0 Å². The first kappa shape index (κ1) is 20.1. The second-order valence-corrected chi connectivity index (χ2v) is 8.72. The van der Waals surface area contributed by atoms with Crippen molar-refractivity contribution in [3.63, 3.8) is 0 Å². The number of carbonyl (C=O) groups excluding carboxylic acids is 1. The van der Waals surface area contributed by atoms with Crippen LogP contribution >= 0.6 is 22.9 Å². The van der Waals surface area contributed by atoms with E-state index in [2.05, 4.69) is 22.1 Å². The Hall–Kier alpha value is -2.21. The van der Waals surface area contributed by atoms with Crippen LogP contribution in [0.5, 0.6) is 0 Å². The highest BCUT2D eigenvalue weighted by molar-refractivity contribution is 7.09. The van der Waals surface area contributed by atoms with E-state index >= 15 is 0 Å². The Labute approximate surface area is 180 Å². The second-order valence-electron chi connectivity index (χ2n) is 7.38. The Morgan fingerprint density at radius 3 is 2.59 bits per heavy atom. The van der Waals surface area contributed by atoms with Crippen molar-refractivity contribution in [3.8, 4) is 0 Å². The Morgan fingerprint density at radius 1 is 1.21 bits per heavy atom. The van der Waals surface area contributed by atoms with Crippen molar-refractivity contribution in [2.45, 2.75) is 37.9 Å². The summed E-state index contributed by atoms with van der Waals surface area (Å²) < 4.78 is 0. The molecule has 1 aliphatic carbocycles. The number of nitrogens with one attached hydrogen (secondary N) is 1. The maximum atomic E-state index is 13.1. The van der Waals surface area contributed by atoms with Crippen LogP contribution < -0.4 is 5.32 Å². The molecule has 1 aliphatic rings. The van der Waals surface area contributed by atoms with Crippen molar-refractivity contribution >= 4 is 28.8 Å². The van der Waals surface area contributed by atoms with Crippen molar-refractivity contribution < 1.29 is 4.79 Å². The molecule has 0 spiro atoms. The largest absolute Gasteiger partial charge is 0.342 e. The van der Waals surface area contributed by atoms with Crippen molar-refractivity contribution in [2.24, 2.45) is 0 Å². The lowest BCUT2D eigenvalue weighted by Gasteiger charge is -2.30. The summed E-state index contributed by atoms with van der Waals surface area (Å²) >= 11 is 7.98. The summed E-state index contributed by atoms with van der Waals surface area (Å²) in [6.07, 6.45) is 4.02. The zero-order valence-corrected chi connectivity index (χ0v) is 17.9. The lowest BCUT2D eigenvalue weighted by molar-refractivity contribution is -0.123. The minimum absolute atomic E-state index is 0.000133. The number of aromatic nitrogens is 1. The molecular formula is C23H24ClN3OS. The molecule has 0 aliphatic heterocycles. The number of hydrogen-bond acceptors (Lipinski definition) is 4. The lowest BCUT2D eigenvalue weighted by Crippen LogP contribution is -2.41. The first-order valence-electron chi connectivity index (χ1n) is 9.87. The summed E-state index contributed by atoms with van der Waals surface area (Å²) in [6, 6.07) is 18.2. The Balaban J connectivity index is 1.51. The molecule has 2 unspecified atom stereocenters. The minimum atomic E-state index is -0.236. The molecule has 150 valence electrons. The van der Waals surface area contributed by atoms with Gasteiger partial charge in [0.25, 0.3) is 0 Å². The predicted molar refractivity (Wildman–Crippen MR) is 118 cm³/mol. The normalized spacial score (nSPS) is 15.8. The third kappa shape index (κ3) is 4.86. The zero-order chi connectivity index (χ0) is 20.2. The first-order valence-corrected chi connectivity index (χ1v) is 11.1. The van der Waals surface area contributed by atoms with Gasteiger partial charge in [-0.05, 0) is 37.0 Å². The summed E-state index contributed by atoms with van der Waals surface area (Å²) in [5, 5.41) is 6.78. The van der Waals surface area contributed by atoms with Crippen molar-refractivity contribution in [2.75, 3.05) is 6.54 Å². The van der Waals surface area contributed by atoms with Crippen LogP contribution in [0.3, 0.4) is 0 Å². The maximum absolute atomic E-state index is 13.1. The van der Waals surface area contributed by atoms with E-state index in [1.165, 1.54) is 0 Å². The molecule has 1 saturated carbocycles. The third-order valence-corrected chi connectivity index (χ3v) is 6.52. The number of nitrogens with zero attached hydrogens (tertiary/aromatic N) is 2. The van der Waals surface area contributed by atoms with Crippen molar-refractivity contribution in [1.82, 2.24) is 15.2 Å². The van der Waals surface area contributed by atoms with Gasteiger partial charge in [-0.1, -0.05) is 60.1 Å². The molecule has 1 amide bonds. The molecular weight excluding hydrogens is 402 g/mol. The lowest BCUT2D eigenvalue weighted by atomic mass is 10.1. The smallest absolute Gasteiger partial charge is 0.235 e. The van der Waals surface area contributed by atoms with Crippen LogP contribution in [-0.4, -0.2) is 28.4 Å². The molecule has 6 heteroatoms. The molecule has 29 heavy (non-hydrogen) atoms. The van der Waals surface area contributed by atoms with Crippen LogP contribution in [0.1, 0.15) is 48.0 Å². The van der Waals surface area contributed by atoms with Gasteiger partial charge < -0.3 is 5.32 Å². The summed E-state index contributed by atoms with van der Waals surface area (Å²) in [5.41, 5.74) is 2.10. The van der Waals surface area contributed by atoms with Gasteiger partial charge in [-0.25, -0.2) is 4.98 Å². The number of thiazole rings is 1. The van der Waals surface area contributed by atoms with Crippen LogP contribution in [0.4, 0.5) is 0 Å². The van der Waals surface area contributed by atoms with E-state index in [0.29, 0.717) is 12.6 Å². The van der Waals surface area contributed by atoms with E-state index in [4.69, 9.17) is 11.6 Å². The summed E-state index contributed by atoms with van der Waals surface area (Å²) in [7, 11) is 0. The van der Waals surface area contributed by atoms with E-state index in [-0.39, 0.29) is 18.0 Å². The SMILES string of the molecule is CC(c1ccccc1Cl)N(CC(=O)NC(c1ccccc1)c1nccs1)C1CC1. The fraction of sp³-hybridized carbons (Fsp3) is 0.304. The molecule has 1 fully saturated rings. The van der Waals surface area contributed by atoms with E-state index < -0.39 is 0 Å². The number of rotatable bonds is 8. The number of carbonyl (C=O) groups is 1. The number of hydrogen-bond donors (Lipinski definition) is 1. The van der Waals surface area contributed by atoms with Gasteiger partial charge in [0.05, 0.1) is 6.54 Å². The molecule has 1 N–H and O–H groups in total. The Morgan fingerprint density at radius 2 is 1.93 bits per heavy atom. The van der Waals surface area contributed by atoms with Crippen LogP contribution in [0, 0.1) is 0 Å². The highest BCUT2D eigenvalue weighted by atomic mass is 35.5. The molecule has 1 aromatic heterocycles. The molecule has 2 aromatic carbocycles. The van der Waals surface area contributed by atoms with Crippen molar-refractivity contribution in [1.29, 1.82) is 0 Å². The van der Waals surface area contributed by atoms with Crippen LogP contribution in [0.25, 0.3) is 0 Å². The van der Waals surface area contributed by atoms with Gasteiger partial charge in [-0.2, -0.15) is 0 Å². The molecule has 2 atom stereocenters. The number of halogens is 1. The van der Waals surface area contributed by atoms with Gasteiger partial charge in [0.1, 0.15) is 11.0 Å². The Kier molecular flexibility index (Phi) is 6.28. The minimum Gasteiger partial charge on any atom is -0.342 e. The molecule has 3 aromatic rings. The third-order valence-electron chi connectivity index (χ3n) is 5.33. The van der Waals surface area contributed by atoms with E-state index in [1.807, 2.05) is 60.0 Å². The average Bonchev–Trinajstić information content (AvgIpc) is 3.44. The maximum Gasteiger partial charge on any atom is 0.235 e. The molecule has 1 heterocycles. The summed E-state index contributed by atoms with van der Waals surface area (Å²) in [5.74, 6) is -0.000133. The molecule has 4 rings (SSSR count). The predicted octanol–water partition coefficient (Wildman–Crippen LogP) is 5.23. The van der Waals surface area contributed by atoms with Gasteiger partial charge in [-0.3, -0.25) is 9.69 Å². The molecule has 4 nitrogen and oxygen atoms in total. The van der Waals surface area contributed by atoms with Crippen LogP contribution in [0.15, 0.2) is 66.2 Å². The average molecular weight is 426 g/mol. The Bertz CT molecular complexity index is 944. The van der Waals surface area contributed by atoms with Gasteiger partial charge >= 0.3 is 0 Å². The highest BCUT2D eigenvalue weighted by Gasteiger charge is 2.35. The number of amides is 1. The fourth-order valence-corrected chi connectivity index (χ4v) is 4.67. The van der Waals surface area contributed by atoms with Crippen LogP contribution in [-0.2, 0) is 4.79 Å². The molecule has 0 radical (unpaired) electrons. The summed E-state index contributed by atoms with van der Waals surface area (Å²) in [4.78, 5) is 19.8. The van der Waals surface area contributed by atoms with Crippen molar-refractivity contribution in [3.05, 3.63) is 87.3 Å². The topological polar surface area (TPSA) is 45.2 Å². The summed E-state index contributed by atoms with van der Waals surface area (Å²) in [6.45, 7) is 2.47. The molecule has 0 bridgehead atoms. The quantitative estimate of drug-likeness (QED) is 0.537. The first-order chi connectivity index (χ1) is 14.1. The van der Waals surface area contributed by atoms with E-state index in [0.717, 1.165) is 34.0 Å². The van der Waals surface area contributed by atoms with Gasteiger partial charge in [0, 0.05) is 28.7 Å². The van der Waals surface area contributed by atoms with E-state index in [1.54, 1.807) is 17.5 Å². The fourth-order valence-electron chi connectivity index (χ4n) is 3.66. The molecule has 0 saturated heterocycles. The standard InChI is InChI=1S/C23H24ClN3OS/c1-16(19-9-5-6-10-20(19)24)27(18-11-12-18)15-21(28)26-22(23-25-13-14-29-23)17-7-3-2-4-8-17/h2-10,13-14,16,18,22H,11-12,15H2,1H3,(H,26,28).